The van der Waals surface area contributed by atoms with Crippen LogP contribution in [0, 0.1) is 5.92 Å². The van der Waals surface area contributed by atoms with Gasteiger partial charge in [0, 0.05) is 20.8 Å². The van der Waals surface area contributed by atoms with Gasteiger partial charge in [0.05, 0.1) is 12.7 Å². The van der Waals surface area contributed by atoms with Crippen LogP contribution >= 0.6 is 0 Å². The second kappa shape index (κ2) is 10.4. The second-order valence-corrected chi connectivity index (χ2v) is 4.00. The molecule has 0 aromatic heterocycles. The van der Waals surface area contributed by atoms with Gasteiger partial charge in [0.15, 0.2) is 0 Å². The molecule has 2 unspecified atom stereocenters. The lowest BCUT2D eigenvalue weighted by atomic mass is 10.1. The van der Waals surface area contributed by atoms with Gasteiger partial charge in [-0.15, -0.1) is 0 Å². The van der Waals surface area contributed by atoms with E-state index >= 15 is 0 Å². The molecule has 0 aliphatic carbocycles. The zero-order chi connectivity index (χ0) is 11.5. The van der Waals surface area contributed by atoms with Crippen molar-refractivity contribution in [3.8, 4) is 0 Å². The minimum Gasteiger partial charge on any atom is -0.382 e. The molecule has 0 bridgehead atoms. The van der Waals surface area contributed by atoms with Crippen LogP contribution in [0.4, 0.5) is 0 Å². The van der Waals surface area contributed by atoms with Gasteiger partial charge in [-0.1, -0.05) is 6.92 Å². The van der Waals surface area contributed by atoms with E-state index < -0.39 is 0 Å². The molecule has 92 valence electrons. The third-order valence-corrected chi connectivity index (χ3v) is 2.51. The zero-order valence-electron chi connectivity index (χ0n) is 10.3. The molecule has 4 nitrogen and oxygen atoms in total. The van der Waals surface area contributed by atoms with Crippen LogP contribution in [0.5, 0.6) is 0 Å². The van der Waals surface area contributed by atoms with Gasteiger partial charge in [0.25, 0.3) is 0 Å². The Bertz CT molecular complexity index is 134. The first-order chi connectivity index (χ1) is 7.24. The van der Waals surface area contributed by atoms with E-state index in [4.69, 9.17) is 15.2 Å². The van der Waals surface area contributed by atoms with Gasteiger partial charge >= 0.3 is 0 Å². The standard InChI is InChI=1S/C11H26N2O2/c1-10(7-12)5-4-6-13-8-11(15-3)9-14-2/h10-11,13H,4-9,12H2,1-3H3. The highest BCUT2D eigenvalue weighted by molar-refractivity contribution is 4.61. The molecule has 15 heavy (non-hydrogen) atoms. The van der Waals surface area contributed by atoms with E-state index in [0.717, 1.165) is 19.6 Å². The van der Waals surface area contributed by atoms with Crippen molar-refractivity contribution in [3.05, 3.63) is 0 Å². The summed E-state index contributed by atoms with van der Waals surface area (Å²) in [6, 6.07) is 0. The molecule has 0 aliphatic heterocycles. The average Bonchev–Trinajstić information content (AvgIpc) is 2.26. The number of methoxy groups -OCH3 is 2. The van der Waals surface area contributed by atoms with Crippen LogP contribution < -0.4 is 11.1 Å². The van der Waals surface area contributed by atoms with Crippen molar-refractivity contribution in [2.24, 2.45) is 11.7 Å². The highest BCUT2D eigenvalue weighted by Gasteiger charge is 2.05. The number of ether oxygens (including phenoxy) is 2. The SMILES string of the molecule is COCC(CNCCCC(C)CN)OC. The highest BCUT2D eigenvalue weighted by atomic mass is 16.5. The van der Waals surface area contributed by atoms with Crippen molar-refractivity contribution in [3.63, 3.8) is 0 Å². The summed E-state index contributed by atoms with van der Waals surface area (Å²) >= 11 is 0. The molecule has 2 atom stereocenters. The third kappa shape index (κ3) is 8.81. The van der Waals surface area contributed by atoms with Crippen molar-refractivity contribution in [1.29, 1.82) is 0 Å². The van der Waals surface area contributed by atoms with Gasteiger partial charge in [0.1, 0.15) is 0 Å². The van der Waals surface area contributed by atoms with Crippen molar-refractivity contribution in [2.45, 2.75) is 25.9 Å². The molecular formula is C11H26N2O2. The summed E-state index contributed by atoms with van der Waals surface area (Å²) in [4.78, 5) is 0. The van der Waals surface area contributed by atoms with Crippen LogP contribution in [0.2, 0.25) is 0 Å². The van der Waals surface area contributed by atoms with E-state index in [0.29, 0.717) is 12.5 Å². The van der Waals surface area contributed by atoms with E-state index in [1.807, 2.05) is 0 Å². The molecule has 4 heteroatoms. The first kappa shape index (κ1) is 14.8. The van der Waals surface area contributed by atoms with Crippen molar-refractivity contribution in [2.75, 3.05) is 40.5 Å². The third-order valence-electron chi connectivity index (χ3n) is 2.51. The van der Waals surface area contributed by atoms with Crippen LogP contribution in [0.15, 0.2) is 0 Å². The fraction of sp³-hybridized carbons (Fsp3) is 1.00. The lowest BCUT2D eigenvalue weighted by Gasteiger charge is -2.15. The monoisotopic (exact) mass is 218 g/mol. The predicted octanol–water partition coefficient (Wildman–Crippen LogP) is 0.612. The molecule has 0 rings (SSSR count). The lowest BCUT2D eigenvalue weighted by Crippen LogP contribution is -2.32. The Morgan fingerprint density at radius 2 is 2.07 bits per heavy atom. The predicted molar refractivity (Wildman–Crippen MR) is 63.0 cm³/mol. The maximum atomic E-state index is 5.54. The van der Waals surface area contributed by atoms with Gasteiger partial charge < -0.3 is 20.5 Å². The van der Waals surface area contributed by atoms with Crippen LogP contribution in [0.1, 0.15) is 19.8 Å². The lowest BCUT2D eigenvalue weighted by molar-refractivity contribution is 0.0290. The number of nitrogens with one attached hydrogen (secondary N) is 1. The van der Waals surface area contributed by atoms with E-state index in [2.05, 4.69) is 12.2 Å². The van der Waals surface area contributed by atoms with E-state index in [-0.39, 0.29) is 6.10 Å². The molecule has 0 aromatic carbocycles. The quantitative estimate of drug-likeness (QED) is 0.528. The normalized spacial score (nSPS) is 15.2. The molecule has 0 fully saturated rings. The Kier molecular flexibility index (Phi) is 10.3. The van der Waals surface area contributed by atoms with Crippen LogP contribution in [0.3, 0.4) is 0 Å². The first-order valence-corrected chi connectivity index (χ1v) is 5.67. The summed E-state index contributed by atoms with van der Waals surface area (Å²) in [6.45, 7) is 5.48. The van der Waals surface area contributed by atoms with Gasteiger partial charge in [0.2, 0.25) is 0 Å². The summed E-state index contributed by atoms with van der Waals surface area (Å²) in [7, 11) is 3.40. The van der Waals surface area contributed by atoms with Gasteiger partial charge in [-0.25, -0.2) is 0 Å². The molecule has 0 aliphatic rings. The van der Waals surface area contributed by atoms with Crippen LogP contribution in [0.25, 0.3) is 0 Å². The number of rotatable bonds is 10. The number of hydrogen-bond donors (Lipinski definition) is 2. The van der Waals surface area contributed by atoms with Crippen molar-refractivity contribution in [1.82, 2.24) is 5.32 Å². The van der Waals surface area contributed by atoms with Crippen LogP contribution in [-0.2, 0) is 9.47 Å². The molecule has 0 amide bonds. The Morgan fingerprint density at radius 1 is 1.33 bits per heavy atom. The van der Waals surface area contributed by atoms with E-state index in [1.54, 1.807) is 14.2 Å². The molecule has 0 aromatic rings. The fourth-order valence-corrected chi connectivity index (χ4v) is 1.35. The van der Waals surface area contributed by atoms with Crippen molar-refractivity contribution < 1.29 is 9.47 Å². The average molecular weight is 218 g/mol. The number of nitrogens with two attached hydrogens (primary N) is 1. The molecule has 0 heterocycles. The van der Waals surface area contributed by atoms with Crippen LogP contribution in [-0.4, -0.2) is 46.6 Å². The molecule has 3 N–H and O–H groups in total. The molecule has 0 spiro atoms. The summed E-state index contributed by atoms with van der Waals surface area (Å²) in [5.74, 6) is 0.629. The van der Waals surface area contributed by atoms with E-state index in [9.17, 15) is 0 Å². The summed E-state index contributed by atoms with van der Waals surface area (Å²) in [5, 5.41) is 3.35. The van der Waals surface area contributed by atoms with Gasteiger partial charge in [-0.2, -0.15) is 0 Å². The maximum absolute atomic E-state index is 5.54. The Hall–Kier alpha value is -0.160. The molecule has 0 saturated heterocycles. The first-order valence-electron chi connectivity index (χ1n) is 5.67. The number of hydrogen-bond acceptors (Lipinski definition) is 4. The minimum atomic E-state index is 0.155. The fourth-order valence-electron chi connectivity index (χ4n) is 1.35. The summed E-state index contributed by atoms with van der Waals surface area (Å²) in [5.41, 5.74) is 5.54. The van der Waals surface area contributed by atoms with Crippen molar-refractivity contribution >= 4 is 0 Å². The smallest absolute Gasteiger partial charge is 0.0928 e. The molecular weight excluding hydrogens is 192 g/mol. The Balaban J connectivity index is 3.28. The van der Waals surface area contributed by atoms with E-state index in [1.165, 1.54) is 12.8 Å². The van der Waals surface area contributed by atoms with Gasteiger partial charge in [-0.3, -0.25) is 0 Å². The Labute approximate surface area is 93.5 Å². The zero-order valence-corrected chi connectivity index (χ0v) is 10.3. The summed E-state index contributed by atoms with van der Waals surface area (Å²) in [6.07, 6.45) is 2.51. The minimum absolute atomic E-state index is 0.155. The largest absolute Gasteiger partial charge is 0.382 e. The molecule has 0 saturated carbocycles. The van der Waals surface area contributed by atoms with Gasteiger partial charge in [-0.05, 0) is 31.8 Å². The summed E-state index contributed by atoms with van der Waals surface area (Å²) < 4.78 is 10.3. The second-order valence-electron chi connectivity index (χ2n) is 4.00. The Morgan fingerprint density at radius 3 is 2.60 bits per heavy atom. The topological polar surface area (TPSA) is 56.5 Å². The molecule has 0 radical (unpaired) electrons. The maximum Gasteiger partial charge on any atom is 0.0928 e. The highest BCUT2D eigenvalue weighted by Crippen LogP contribution is 2.01.